The Balaban J connectivity index is 1.60. The Morgan fingerprint density at radius 2 is 1.81 bits per heavy atom. The van der Waals surface area contributed by atoms with Gasteiger partial charge in [-0.05, 0) is 61.8 Å². The smallest absolute Gasteiger partial charge is 0.118 e. The number of benzene rings is 2. The second kappa shape index (κ2) is 8.31. The van der Waals surface area contributed by atoms with Crippen molar-refractivity contribution in [2.24, 2.45) is 5.92 Å². The standard InChI is InChI=1S/C25H31NO/c1-19(21-8-4-3-5-9-21)26-18-23-11-7-6-10-22(23)17-24(26)16-20-12-14-25(27-2)15-13-20/h3-5,8-9,12-15,17,19,23-24H,6-7,10-11,16,18H2,1-2H3/t19-,23?,24?/m1/s1. The molecule has 27 heavy (non-hydrogen) atoms. The van der Waals surface area contributed by atoms with E-state index in [4.69, 9.17) is 4.74 Å². The average Bonchev–Trinajstić information content (AvgIpc) is 2.74. The van der Waals surface area contributed by atoms with Crippen LogP contribution in [0.1, 0.15) is 49.8 Å². The first kappa shape index (κ1) is 18.3. The van der Waals surface area contributed by atoms with Crippen LogP contribution in [-0.2, 0) is 6.42 Å². The van der Waals surface area contributed by atoms with E-state index < -0.39 is 0 Å². The zero-order chi connectivity index (χ0) is 18.6. The number of methoxy groups -OCH3 is 1. The zero-order valence-electron chi connectivity index (χ0n) is 16.6. The molecule has 1 aliphatic heterocycles. The third kappa shape index (κ3) is 4.11. The average molecular weight is 362 g/mol. The second-order valence-corrected chi connectivity index (χ2v) is 8.09. The summed E-state index contributed by atoms with van der Waals surface area (Å²) < 4.78 is 5.32. The van der Waals surface area contributed by atoms with Crippen LogP contribution >= 0.6 is 0 Å². The second-order valence-electron chi connectivity index (χ2n) is 8.09. The summed E-state index contributed by atoms with van der Waals surface area (Å²) >= 11 is 0. The molecule has 2 aromatic rings. The first-order valence-corrected chi connectivity index (χ1v) is 10.4. The molecule has 1 aliphatic carbocycles. The van der Waals surface area contributed by atoms with Crippen molar-refractivity contribution in [3.05, 3.63) is 77.4 Å². The fourth-order valence-corrected chi connectivity index (χ4v) is 4.82. The van der Waals surface area contributed by atoms with Crippen molar-refractivity contribution in [2.45, 2.75) is 51.1 Å². The van der Waals surface area contributed by atoms with Gasteiger partial charge in [-0.3, -0.25) is 4.90 Å². The van der Waals surface area contributed by atoms with Crippen molar-refractivity contribution in [1.29, 1.82) is 0 Å². The van der Waals surface area contributed by atoms with E-state index in [9.17, 15) is 0 Å². The van der Waals surface area contributed by atoms with Crippen LogP contribution in [-0.4, -0.2) is 24.6 Å². The number of fused-ring (bicyclic) bond motifs is 1. The van der Waals surface area contributed by atoms with Crippen molar-refractivity contribution in [3.8, 4) is 5.75 Å². The molecule has 0 N–H and O–H groups in total. The number of hydrogen-bond donors (Lipinski definition) is 0. The van der Waals surface area contributed by atoms with Gasteiger partial charge >= 0.3 is 0 Å². The monoisotopic (exact) mass is 361 g/mol. The molecule has 0 amide bonds. The number of ether oxygens (including phenoxy) is 1. The van der Waals surface area contributed by atoms with E-state index in [1.807, 2.05) is 0 Å². The SMILES string of the molecule is COc1ccc(CC2C=C3CCCCC3CN2[C@H](C)c2ccccc2)cc1. The van der Waals surface area contributed by atoms with Gasteiger partial charge in [0.05, 0.1) is 7.11 Å². The minimum atomic E-state index is 0.439. The molecule has 0 spiro atoms. The maximum atomic E-state index is 5.32. The molecule has 2 heteroatoms. The molecule has 0 saturated heterocycles. The number of nitrogens with zero attached hydrogens (tertiary/aromatic N) is 1. The van der Waals surface area contributed by atoms with Crippen molar-refractivity contribution in [1.82, 2.24) is 4.90 Å². The Morgan fingerprint density at radius 1 is 1.04 bits per heavy atom. The minimum Gasteiger partial charge on any atom is -0.497 e. The van der Waals surface area contributed by atoms with E-state index in [2.05, 4.69) is 72.5 Å². The van der Waals surface area contributed by atoms with Gasteiger partial charge in [0.1, 0.15) is 5.75 Å². The Kier molecular flexibility index (Phi) is 5.63. The summed E-state index contributed by atoms with van der Waals surface area (Å²) in [7, 11) is 1.73. The third-order valence-corrected chi connectivity index (χ3v) is 6.44. The number of hydrogen-bond acceptors (Lipinski definition) is 2. The highest BCUT2D eigenvalue weighted by Crippen LogP contribution is 2.38. The maximum absolute atomic E-state index is 5.32. The highest BCUT2D eigenvalue weighted by Gasteiger charge is 2.33. The van der Waals surface area contributed by atoms with Crippen LogP contribution in [0.2, 0.25) is 0 Å². The molecule has 2 aromatic carbocycles. The van der Waals surface area contributed by atoms with E-state index in [0.717, 1.165) is 18.1 Å². The van der Waals surface area contributed by atoms with Gasteiger partial charge in [-0.25, -0.2) is 0 Å². The van der Waals surface area contributed by atoms with Gasteiger partial charge in [0, 0.05) is 18.6 Å². The molecular weight excluding hydrogens is 330 g/mol. The normalized spacial score (nSPS) is 24.0. The van der Waals surface area contributed by atoms with Gasteiger partial charge in [-0.2, -0.15) is 0 Å². The fraction of sp³-hybridized carbons (Fsp3) is 0.440. The van der Waals surface area contributed by atoms with Crippen molar-refractivity contribution >= 4 is 0 Å². The lowest BCUT2D eigenvalue weighted by atomic mass is 9.79. The van der Waals surface area contributed by atoms with Crippen LogP contribution in [0, 0.1) is 5.92 Å². The molecule has 4 rings (SSSR count). The molecular formula is C25H31NO. The van der Waals surface area contributed by atoms with E-state index in [-0.39, 0.29) is 0 Å². The summed E-state index contributed by atoms with van der Waals surface area (Å²) in [5, 5.41) is 0. The molecule has 1 heterocycles. The van der Waals surface area contributed by atoms with Gasteiger partial charge in [0.15, 0.2) is 0 Å². The van der Waals surface area contributed by atoms with Crippen LogP contribution in [0.25, 0.3) is 0 Å². The zero-order valence-corrected chi connectivity index (χ0v) is 16.6. The van der Waals surface area contributed by atoms with Crippen LogP contribution in [0.4, 0.5) is 0 Å². The lowest BCUT2D eigenvalue weighted by Gasteiger charge is -2.44. The van der Waals surface area contributed by atoms with E-state index in [1.54, 1.807) is 12.7 Å². The van der Waals surface area contributed by atoms with E-state index in [0.29, 0.717) is 12.1 Å². The Morgan fingerprint density at radius 3 is 2.56 bits per heavy atom. The minimum absolute atomic E-state index is 0.439. The van der Waals surface area contributed by atoms with Crippen LogP contribution < -0.4 is 4.74 Å². The summed E-state index contributed by atoms with van der Waals surface area (Å²) in [5.41, 5.74) is 4.53. The van der Waals surface area contributed by atoms with Crippen LogP contribution in [0.3, 0.4) is 0 Å². The predicted octanol–water partition coefficient (Wildman–Crippen LogP) is 5.80. The summed E-state index contributed by atoms with van der Waals surface area (Å²) in [6.07, 6.45) is 9.09. The molecule has 0 aromatic heterocycles. The number of rotatable bonds is 5. The summed E-state index contributed by atoms with van der Waals surface area (Å²) in [5.74, 6) is 1.69. The Hall–Kier alpha value is -2.06. The quantitative estimate of drug-likeness (QED) is 0.624. The summed E-state index contributed by atoms with van der Waals surface area (Å²) in [6, 6.07) is 20.5. The summed E-state index contributed by atoms with van der Waals surface area (Å²) in [4.78, 5) is 2.74. The highest BCUT2D eigenvalue weighted by molar-refractivity contribution is 5.30. The Bertz CT molecular complexity index is 765. The molecule has 2 aliphatic rings. The van der Waals surface area contributed by atoms with Gasteiger partial charge in [0.2, 0.25) is 0 Å². The van der Waals surface area contributed by atoms with Crippen LogP contribution in [0.15, 0.2) is 66.2 Å². The Labute approximate surface area is 163 Å². The first-order chi connectivity index (χ1) is 13.2. The first-order valence-electron chi connectivity index (χ1n) is 10.4. The summed E-state index contributed by atoms with van der Waals surface area (Å²) in [6.45, 7) is 3.57. The molecule has 142 valence electrons. The fourth-order valence-electron chi connectivity index (χ4n) is 4.82. The molecule has 0 bridgehead atoms. The predicted molar refractivity (Wildman–Crippen MR) is 112 cm³/mol. The van der Waals surface area contributed by atoms with Gasteiger partial charge < -0.3 is 4.74 Å². The van der Waals surface area contributed by atoms with Gasteiger partial charge in [-0.1, -0.05) is 60.5 Å². The third-order valence-electron chi connectivity index (χ3n) is 6.44. The lowest BCUT2D eigenvalue weighted by molar-refractivity contribution is 0.126. The van der Waals surface area contributed by atoms with Crippen LogP contribution in [0.5, 0.6) is 5.75 Å². The van der Waals surface area contributed by atoms with Crippen molar-refractivity contribution < 1.29 is 4.74 Å². The maximum Gasteiger partial charge on any atom is 0.118 e. The largest absolute Gasteiger partial charge is 0.497 e. The van der Waals surface area contributed by atoms with Crippen molar-refractivity contribution in [2.75, 3.05) is 13.7 Å². The molecule has 1 fully saturated rings. The molecule has 1 saturated carbocycles. The highest BCUT2D eigenvalue weighted by atomic mass is 16.5. The lowest BCUT2D eigenvalue weighted by Crippen LogP contribution is -2.45. The topological polar surface area (TPSA) is 12.5 Å². The molecule has 3 atom stereocenters. The molecule has 2 unspecified atom stereocenters. The van der Waals surface area contributed by atoms with E-state index in [1.165, 1.54) is 43.4 Å². The molecule has 2 nitrogen and oxygen atoms in total. The molecule has 0 radical (unpaired) electrons. The van der Waals surface area contributed by atoms with E-state index >= 15 is 0 Å². The van der Waals surface area contributed by atoms with Crippen molar-refractivity contribution in [3.63, 3.8) is 0 Å². The van der Waals surface area contributed by atoms with Gasteiger partial charge in [0.25, 0.3) is 0 Å². The van der Waals surface area contributed by atoms with Gasteiger partial charge in [-0.15, -0.1) is 0 Å².